The van der Waals surface area contributed by atoms with Gasteiger partial charge in [0.05, 0.1) is 20.4 Å². The lowest BCUT2D eigenvalue weighted by molar-refractivity contribution is 0.102. The van der Waals surface area contributed by atoms with E-state index >= 15 is 0 Å². The lowest BCUT2D eigenvalue weighted by atomic mass is 10.2. The lowest BCUT2D eigenvalue weighted by Crippen LogP contribution is -2.12. The quantitative estimate of drug-likeness (QED) is 0.400. The van der Waals surface area contributed by atoms with Crippen molar-refractivity contribution in [2.24, 2.45) is 5.10 Å². The van der Waals surface area contributed by atoms with Gasteiger partial charge in [0.2, 0.25) is 5.13 Å². The highest BCUT2D eigenvalue weighted by Crippen LogP contribution is 2.41. The minimum atomic E-state index is -0.256. The van der Waals surface area contributed by atoms with E-state index in [-0.39, 0.29) is 5.91 Å². The standard InChI is InChI=1S/C18H16Cl2N4OS/c1-3-10(2)23-24-18-22-15-12(19)9-13(14(20)16(15)26-18)21-17(25)11-7-5-4-6-8-11/h4-9H,3H2,1-2H3,(H,21,25)(H,22,24)/b23-10-. The van der Waals surface area contributed by atoms with Crippen LogP contribution in [0.15, 0.2) is 41.5 Å². The Morgan fingerprint density at radius 2 is 2.00 bits per heavy atom. The summed E-state index contributed by atoms with van der Waals surface area (Å²) in [6.07, 6.45) is 0.842. The van der Waals surface area contributed by atoms with Gasteiger partial charge in [0.1, 0.15) is 5.52 Å². The fourth-order valence-electron chi connectivity index (χ4n) is 2.16. The number of rotatable bonds is 5. The number of amides is 1. The molecule has 0 saturated heterocycles. The molecule has 0 aliphatic heterocycles. The molecule has 0 aliphatic rings. The predicted molar refractivity (Wildman–Crippen MR) is 111 cm³/mol. The van der Waals surface area contributed by atoms with Gasteiger partial charge in [-0.3, -0.25) is 10.2 Å². The molecule has 0 aliphatic carbocycles. The van der Waals surface area contributed by atoms with Gasteiger partial charge >= 0.3 is 0 Å². The molecule has 26 heavy (non-hydrogen) atoms. The summed E-state index contributed by atoms with van der Waals surface area (Å²) < 4.78 is 0.689. The van der Waals surface area contributed by atoms with Crippen molar-refractivity contribution in [1.82, 2.24) is 4.98 Å². The highest BCUT2D eigenvalue weighted by molar-refractivity contribution is 7.23. The van der Waals surface area contributed by atoms with Gasteiger partial charge in [-0.1, -0.05) is 59.7 Å². The number of carbonyl (C=O) groups excluding carboxylic acids is 1. The molecule has 0 spiro atoms. The third-order valence-electron chi connectivity index (χ3n) is 3.70. The summed E-state index contributed by atoms with van der Waals surface area (Å²) in [6.45, 7) is 3.95. The number of fused-ring (bicyclic) bond motifs is 1. The number of aromatic nitrogens is 1. The average Bonchev–Trinajstić information content (AvgIpc) is 3.09. The molecule has 3 aromatic rings. The van der Waals surface area contributed by atoms with Gasteiger partial charge < -0.3 is 5.32 Å². The van der Waals surface area contributed by atoms with Crippen molar-refractivity contribution < 1.29 is 4.79 Å². The Bertz CT molecular complexity index is 986. The van der Waals surface area contributed by atoms with Gasteiger partial charge in [-0.05, 0) is 31.5 Å². The number of anilines is 2. The minimum absolute atomic E-state index is 0.256. The summed E-state index contributed by atoms with van der Waals surface area (Å²) in [5, 5.41) is 8.44. The molecule has 1 aromatic heterocycles. The lowest BCUT2D eigenvalue weighted by Gasteiger charge is -2.08. The maximum atomic E-state index is 12.4. The number of thiazole rings is 1. The van der Waals surface area contributed by atoms with Gasteiger partial charge in [-0.25, -0.2) is 4.98 Å². The number of hydrazone groups is 1. The number of nitrogens with one attached hydrogen (secondary N) is 2. The number of halogens is 2. The van der Waals surface area contributed by atoms with Crippen molar-refractivity contribution in [3.8, 4) is 0 Å². The van der Waals surface area contributed by atoms with Gasteiger partial charge in [-0.2, -0.15) is 5.10 Å². The van der Waals surface area contributed by atoms with E-state index in [2.05, 4.69) is 20.8 Å². The Balaban J connectivity index is 1.93. The minimum Gasteiger partial charge on any atom is -0.321 e. The van der Waals surface area contributed by atoms with Crippen LogP contribution in [0.5, 0.6) is 0 Å². The first-order valence-corrected chi connectivity index (χ1v) is 9.51. The van der Waals surface area contributed by atoms with Crippen LogP contribution >= 0.6 is 34.5 Å². The van der Waals surface area contributed by atoms with Crippen molar-refractivity contribution >= 4 is 67.2 Å². The molecule has 8 heteroatoms. The average molecular weight is 407 g/mol. The molecule has 2 N–H and O–H groups in total. The highest BCUT2D eigenvalue weighted by Gasteiger charge is 2.17. The van der Waals surface area contributed by atoms with E-state index < -0.39 is 0 Å². The summed E-state index contributed by atoms with van der Waals surface area (Å²) >= 11 is 14.2. The first-order valence-electron chi connectivity index (χ1n) is 7.93. The van der Waals surface area contributed by atoms with E-state index in [4.69, 9.17) is 23.2 Å². The van der Waals surface area contributed by atoms with Gasteiger partial charge in [-0.15, -0.1) is 0 Å². The van der Waals surface area contributed by atoms with Crippen LogP contribution in [0.1, 0.15) is 30.6 Å². The zero-order chi connectivity index (χ0) is 18.7. The Morgan fingerprint density at radius 3 is 2.69 bits per heavy atom. The third kappa shape index (κ3) is 3.98. The summed E-state index contributed by atoms with van der Waals surface area (Å²) in [5.41, 5.74) is 5.43. The largest absolute Gasteiger partial charge is 0.321 e. The third-order valence-corrected chi connectivity index (χ3v) is 5.47. The Hall–Kier alpha value is -2.15. The predicted octanol–water partition coefficient (Wildman–Crippen LogP) is 6.05. The molecule has 0 bridgehead atoms. The fourth-order valence-corrected chi connectivity index (χ4v) is 3.64. The highest BCUT2D eigenvalue weighted by atomic mass is 35.5. The molecular weight excluding hydrogens is 391 g/mol. The molecule has 1 heterocycles. The van der Waals surface area contributed by atoms with Gasteiger partial charge in [0, 0.05) is 11.3 Å². The molecule has 3 rings (SSSR count). The van der Waals surface area contributed by atoms with E-state index in [1.54, 1.807) is 30.3 Å². The van der Waals surface area contributed by atoms with Crippen LogP contribution in [0.3, 0.4) is 0 Å². The topological polar surface area (TPSA) is 66.4 Å². The SMILES string of the molecule is CC/C(C)=N\Nc1nc2c(Cl)cc(NC(=O)c3ccccc3)c(Cl)c2s1. The van der Waals surface area contributed by atoms with Crippen LogP contribution in [-0.4, -0.2) is 16.6 Å². The number of nitrogens with zero attached hydrogens (tertiary/aromatic N) is 2. The number of hydrogen-bond donors (Lipinski definition) is 2. The van der Waals surface area contributed by atoms with E-state index in [9.17, 15) is 4.79 Å². The second-order valence-electron chi connectivity index (χ2n) is 5.55. The summed E-state index contributed by atoms with van der Waals surface area (Å²) in [6, 6.07) is 10.5. The van der Waals surface area contributed by atoms with Crippen LogP contribution < -0.4 is 10.7 Å². The van der Waals surface area contributed by atoms with Crippen molar-refractivity contribution in [2.75, 3.05) is 10.7 Å². The maximum Gasteiger partial charge on any atom is 0.255 e. The van der Waals surface area contributed by atoms with Crippen molar-refractivity contribution in [3.63, 3.8) is 0 Å². The van der Waals surface area contributed by atoms with Crippen LogP contribution in [-0.2, 0) is 0 Å². The normalized spacial score (nSPS) is 11.6. The summed E-state index contributed by atoms with van der Waals surface area (Å²) in [5.74, 6) is -0.256. The summed E-state index contributed by atoms with van der Waals surface area (Å²) in [4.78, 5) is 16.8. The molecule has 2 aromatic carbocycles. The zero-order valence-corrected chi connectivity index (χ0v) is 16.5. The fraction of sp³-hybridized carbons (Fsp3) is 0.167. The van der Waals surface area contributed by atoms with Crippen LogP contribution in [0.25, 0.3) is 10.2 Å². The number of benzene rings is 2. The Kier molecular flexibility index (Phi) is 5.76. The van der Waals surface area contributed by atoms with Crippen molar-refractivity contribution in [1.29, 1.82) is 0 Å². The van der Waals surface area contributed by atoms with Gasteiger partial charge in [0.15, 0.2) is 0 Å². The van der Waals surface area contributed by atoms with Gasteiger partial charge in [0.25, 0.3) is 5.91 Å². The van der Waals surface area contributed by atoms with Crippen LogP contribution in [0.2, 0.25) is 10.0 Å². The molecule has 0 fully saturated rings. The number of carbonyl (C=O) groups is 1. The van der Waals surface area contributed by atoms with E-state index in [0.717, 1.165) is 12.1 Å². The first-order chi connectivity index (χ1) is 12.5. The van der Waals surface area contributed by atoms with E-state index in [1.807, 2.05) is 19.9 Å². The Labute approximate surface area is 165 Å². The zero-order valence-electron chi connectivity index (χ0n) is 14.1. The molecule has 134 valence electrons. The number of hydrogen-bond acceptors (Lipinski definition) is 5. The van der Waals surface area contributed by atoms with E-state index in [0.29, 0.717) is 36.6 Å². The monoisotopic (exact) mass is 406 g/mol. The second-order valence-corrected chi connectivity index (χ2v) is 7.33. The molecule has 0 atom stereocenters. The Morgan fingerprint density at radius 1 is 1.27 bits per heavy atom. The maximum absolute atomic E-state index is 12.4. The summed E-state index contributed by atoms with van der Waals surface area (Å²) in [7, 11) is 0. The van der Waals surface area contributed by atoms with Crippen molar-refractivity contribution in [3.05, 3.63) is 52.0 Å². The molecular formula is C18H16Cl2N4OS. The molecule has 0 saturated carbocycles. The molecule has 5 nitrogen and oxygen atoms in total. The van der Waals surface area contributed by atoms with E-state index in [1.165, 1.54) is 11.3 Å². The molecule has 1 amide bonds. The molecule has 0 unspecified atom stereocenters. The van der Waals surface area contributed by atoms with Crippen molar-refractivity contribution in [2.45, 2.75) is 20.3 Å². The van der Waals surface area contributed by atoms with Crippen LogP contribution in [0.4, 0.5) is 10.8 Å². The molecule has 0 radical (unpaired) electrons. The van der Waals surface area contributed by atoms with Crippen LogP contribution in [0, 0.1) is 0 Å². The smallest absolute Gasteiger partial charge is 0.255 e. The second kappa shape index (κ2) is 8.03. The first kappa shape index (κ1) is 18.6.